The van der Waals surface area contributed by atoms with Crippen molar-refractivity contribution in [3.8, 4) is 11.4 Å². The normalized spacial score (nSPS) is 19.3. The van der Waals surface area contributed by atoms with E-state index in [4.69, 9.17) is 5.73 Å². The van der Waals surface area contributed by atoms with E-state index >= 15 is 0 Å². The Balaban J connectivity index is 1.78. The van der Waals surface area contributed by atoms with Crippen molar-refractivity contribution in [1.29, 1.82) is 0 Å². The highest BCUT2D eigenvalue weighted by atomic mass is 127. The van der Waals surface area contributed by atoms with E-state index < -0.39 is 0 Å². The van der Waals surface area contributed by atoms with Crippen LogP contribution in [0.15, 0.2) is 24.3 Å². The molecule has 106 valence electrons. The van der Waals surface area contributed by atoms with Gasteiger partial charge >= 0.3 is 0 Å². The van der Waals surface area contributed by atoms with Crippen LogP contribution in [0.2, 0.25) is 0 Å². The molecule has 1 aromatic heterocycles. The first kappa shape index (κ1) is 13.8. The molecule has 1 aromatic carbocycles. The summed E-state index contributed by atoms with van der Waals surface area (Å²) in [5, 5.41) is 7.39. The van der Waals surface area contributed by atoms with Crippen molar-refractivity contribution >= 4 is 28.5 Å². The molecule has 3 rings (SSSR count). The third-order valence-electron chi connectivity index (χ3n) is 3.73. The molecule has 20 heavy (non-hydrogen) atoms. The number of piperidine rings is 1. The zero-order chi connectivity index (χ0) is 13.9. The van der Waals surface area contributed by atoms with Gasteiger partial charge in [0, 0.05) is 22.2 Å². The average molecular weight is 383 g/mol. The molecule has 1 aliphatic rings. The molecule has 1 saturated heterocycles. The first-order valence-corrected chi connectivity index (χ1v) is 7.97. The molecule has 5 nitrogen and oxygen atoms in total. The first-order chi connectivity index (χ1) is 9.76. The quantitative estimate of drug-likeness (QED) is 0.798. The van der Waals surface area contributed by atoms with Gasteiger partial charge in [-0.15, -0.1) is 5.10 Å². The molecule has 3 N–H and O–H groups in total. The molecule has 2 aromatic rings. The standard InChI is InChI=1S/C14H18IN5/c15-12-5-3-11(4-6-12)13-17-14(19-18-13)20-7-1-2-10(8-16)9-20/h3-6,10H,1-2,7-9,16H2,(H,17,18,19). The Morgan fingerprint density at radius 1 is 1.35 bits per heavy atom. The summed E-state index contributed by atoms with van der Waals surface area (Å²) in [5.41, 5.74) is 6.84. The maximum atomic E-state index is 5.78. The van der Waals surface area contributed by atoms with Gasteiger partial charge in [-0.05, 0) is 60.0 Å². The number of benzene rings is 1. The minimum absolute atomic E-state index is 0.559. The minimum atomic E-state index is 0.559. The Bertz CT molecular complexity index is 565. The number of H-pyrrole nitrogens is 1. The molecule has 0 aliphatic carbocycles. The zero-order valence-corrected chi connectivity index (χ0v) is 13.4. The Hall–Kier alpha value is -1.15. The van der Waals surface area contributed by atoms with Crippen LogP contribution in [0, 0.1) is 9.49 Å². The highest BCUT2D eigenvalue weighted by Gasteiger charge is 2.21. The Labute approximate surface area is 132 Å². The van der Waals surface area contributed by atoms with E-state index in [1.54, 1.807) is 0 Å². The lowest BCUT2D eigenvalue weighted by Crippen LogP contribution is -2.38. The fourth-order valence-electron chi connectivity index (χ4n) is 2.57. The second-order valence-corrected chi connectivity index (χ2v) is 6.43. The molecule has 2 heterocycles. The van der Waals surface area contributed by atoms with E-state index in [0.717, 1.165) is 43.4 Å². The van der Waals surface area contributed by atoms with Crippen molar-refractivity contribution < 1.29 is 0 Å². The van der Waals surface area contributed by atoms with Gasteiger partial charge in [0.05, 0.1) is 0 Å². The van der Waals surface area contributed by atoms with Crippen LogP contribution in [0.1, 0.15) is 12.8 Å². The number of halogens is 1. The van der Waals surface area contributed by atoms with Crippen LogP contribution in [-0.4, -0.2) is 34.8 Å². The SMILES string of the molecule is NCC1CCCN(c2n[nH]c(-c3ccc(I)cc3)n2)C1. The number of nitrogens with zero attached hydrogens (tertiary/aromatic N) is 3. The van der Waals surface area contributed by atoms with E-state index in [2.05, 4.69) is 66.9 Å². The topological polar surface area (TPSA) is 70.8 Å². The summed E-state index contributed by atoms with van der Waals surface area (Å²) in [6.07, 6.45) is 2.37. The van der Waals surface area contributed by atoms with Gasteiger partial charge in [0.25, 0.3) is 0 Å². The molecule has 0 spiro atoms. The van der Waals surface area contributed by atoms with Crippen LogP contribution in [0.5, 0.6) is 0 Å². The van der Waals surface area contributed by atoms with Crippen LogP contribution < -0.4 is 10.6 Å². The van der Waals surface area contributed by atoms with E-state index in [1.165, 1.54) is 9.99 Å². The number of aromatic nitrogens is 3. The van der Waals surface area contributed by atoms with E-state index in [0.29, 0.717) is 5.92 Å². The van der Waals surface area contributed by atoms with Crippen molar-refractivity contribution in [3.05, 3.63) is 27.8 Å². The Kier molecular flexibility index (Phi) is 4.21. The lowest BCUT2D eigenvalue weighted by atomic mass is 9.99. The largest absolute Gasteiger partial charge is 0.339 e. The zero-order valence-electron chi connectivity index (χ0n) is 11.2. The molecule has 0 saturated carbocycles. The molecule has 0 bridgehead atoms. The molecule has 6 heteroatoms. The number of anilines is 1. The minimum Gasteiger partial charge on any atom is -0.339 e. The number of nitrogens with one attached hydrogen (secondary N) is 1. The average Bonchev–Trinajstić information content (AvgIpc) is 2.98. The molecule has 1 atom stereocenters. The number of nitrogens with two attached hydrogens (primary N) is 1. The van der Waals surface area contributed by atoms with Gasteiger partial charge in [0.1, 0.15) is 0 Å². The summed E-state index contributed by atoms with van der Waals surface area (Å²) < 4.78 is 1.22. The highest BCUT2D eigenvalue weighted by molar-refractivity contribution is 14.1. The van der Waals surface area contributed by atoms with Gasteiger partial charge in [0.2, 0.25) is 5.95 Å². The molecule has 0 radical (unpaired) electrons. The van der Waals surface area contributed by atoms with Gasteiger partial charge in [0.15, 0.2) is 5.82 Å². The Morgan fingerprint density at radius 3 is 2.90 bits per heavy atom. The van der Waals surface area contributed by atoms with E-state index in [-0.39, 0.29) is 0 Å². The van der Waals surface area contributed by atoms with Gasteiger partial charge in [-0.1, -0.05) is 12.1 Å². The smallest absolute Gasteiger partial charge is 0.245 e. The summed E-state index contributed by atoms with van der Waals surface area (Å²) in [4.78, 5) is 6.85. The Morgan fingerprint density at radius 2 is 2.15 bits per heavy atom. The van der Waals surface area contributed by atoms with E-state index in [9.17, 15) is 0 Å². The van der Waals surface area contributed by atoms with Crippen LogP contribution in [0.25, 0.3) is 11.4 Å². The monoisotopic (exact) mass is 383 g/mol. The molecular formula is C14H18IN5. The van der Waals surface area contributed by atoms with Crippen LogP contribution in [-0.2, 0) is 0 Å². The van der Waals surface area contributed by atoms with Gasteiger partial charge in [-0.3, -0.25) is 5.10 Å². The summed E-state index contributed by atoms with van der Waals surface area (Å²) in [6, 6.07) is 8.27. The fraction of sp³-hybridized carbons (Fsp3) is 0.429. The molecule has 1 unspecified atom stereocenters. The number of aromatic amines is 1. The van der Waals surface area contributed by atoms with Crippen molar-refractivity contribution in [2.75, 3.05) is 24.5 Å². The predicted octanol–water partition coefficient (Wildman–Crippen LogP) is 2.25. The number of hydrogen-bond acceptors (Lipinski definition) is 4. The fourth-order valence-corrected chi connectivity index (χ4v) is 2.93. The maximum absolute atomic E-state index is 5.78. The van der Waals surface area contributed by atoms with Crippen molar-refractivity contribution in [1.82, 2.24) is 15.2 Å². The summed E-state index contributed by atoms with van der Waals surface area (Å²) in [7, 11) is 0. The summed E-state index contributed by atoms with van der Waals surface area (Å²) in [5.74, 6) is 2.17. The van der Waals surface area contributed by atoms with Crippen molar-refractivity contribution in [3.63, 3.8) is 0 Å². The van der Waals surface area contributed by atoms with Crippen molar-refractivity contribution in [2.24, 2.45) is 11.7 Å². The lowest BCUT2D eigenvalue weighted by molar-refractivity contribution is 0.420. The van der Waals surface area contributed by atoms with Crippen LogP contribution in [0.3, 0.4) is 0 Å². The van der Waals surface area contributed by atoms with Gasteiger partial charge < -0.3 is 10.6 Å². The lowest BCUT2D eigenvalue weighted by Gasteiger charge is -2.31. The molecule has 1 aliphatic heterocycles. The van der Waals surface area contributed by atoms with Gasteiger partial charge in [-0.2, -0.15) is 4.98 Å². The van der Waals surface area contributed by atoms with Crippen molar-refractivity contribution in [2.45, 2.75) is 12.8 Å². The first-order valence-electron chi connectivity index (χ1n) is 6.89. The van der Waals surface area contributed by atoms with E-state index in [1.807, 2.05) is 0 Å². The van der Waals surface area contributed by atoms with Gasteiger partial charge in [-0.25, -0.2) is 0 Å². The highest BCUT2D eigenvalue weighted by Crippen LogP contribution is 2.22. The van der Waals surface area contributed by atoms with Crippen LogP contribution in [0.4, 0.5) is 5.95 Å². The molecular weight excluding hydrogens is 365 g/mol. The number of hydrogen-bond donors (Lipinski definition) is 2. The summed E-state index contributed by atoms with van der Waals surface area (Å²) >= 11 is 2.30. The second-order valence-electron chi connectivity index (χ2n) is 5.18. The predicted molar refractivity (Wildman–Crippen MR) is 88.5 cm³/mol. The summed E-state index contributed by atoms with van der Waals surface area (Å²) in [6.45, 7) is 2.71. The second kappa shape index (κ2) is 6.09. The van der Waals surface area contributed by atoms with Crippen LogP contribution >= 0.6 is 22.6 Å². The maximum Gasteiger partial charge on any atom is 0.245 e. The molecule has 1 fully saturated rings. The third kappa shape index (κ3) is 2.95. The molecule has 0 amide bonds. The number of rotatable bonds is 3. The third-order valence-corrected chi connectivity index (χ3v) is 4.45.